The molecule has 2 aromatic carbocycles. The zero-order valence-electron chi connectivity index (χ0n) is 18.8. The van der Waals surface area contributed by atoms with E-state index in [0.717, 1.165) is 37.1 Å². The van der Waals surface area contributed by atoms with Gasteiger partial charge in [0.25, 0.3) is 5.76 Å². The normalized spacial score (nSPS) is 15.8. The number of fused-ring (bicyclic) bond motifs is 1. The van der Waals surface area contributed by atoms with Gasteiger partial charge in [-0.05, 0) is 81.1 Å². The molecule has 0 spiro atoms. The number of rotatable bonds is 4. The van der Waals surface area contributed by atoms with Gasteiger partial charge < -0.3 is 14.3 Å². The molecule has 33 heavy (non-hydrogen) atoms. The van der Waals surface area contributed by atoms with Crippen molar-refractivity contribution in [1.82, 2.24) is 4.90 Å². The minimum Gasteiger partial charge on any atom is -0.507 e. The third-order valence-electron chi connectivity index (χ3n) is 6.03. The first kappa shape index (κ1) is 23.2. The lowest BCUT2D eigenvalue weighted by Crippen LogP contribution is -2.32. The van der Waals surface area contributed by atoms with E-state index >= 15 is 0 Å². The first-order valence-electron chi connectivity index (χ1n) is 10.9. The van der Waals surface area contributed by atoms with Crippen LogP contribution in [-0.2, 0) is 12.7 Å². The molecule has 0 radical (unpaired) electrons. The van der Waals surface area contributed by atoms with Crippen LogP contribution in [0.2, 0.25) is 0 Å². The maximum absolute atomic E-state index is 14.0. The van der Waals surface area contributed by atoms with Gasteiger partial charge in [0.15, 0.2) is 0 Å². The summed E-state index contributed by atoms with van der Waals surface area (Å²) in [5, 5.41) is 10.4. The fraction of sp³-hybridized carbons (Fsp3) is 0.400. The SMILES string of the molecule is Cc1cc(C)cc(Oc2c(C(F)(F)F)oc3c(CN4CCC(C)CC4)c(O)ccc3c2=O)c1. The van der Waals surface area contributed by atoms with Crippen LogP contribution in [0.1, 0.15) is 42.2 Å². The molecule has 0 unspecified atom stereocenters. The standard InChI is InChI=1S/C25H26F3NO4/c1-14-6-8-29(9-7-14)13-19-20(30)5-4-18-21(31)23(24(25(26,27)28)33-22(18)19)32-17-11-15(2)10-16(3)12-17/h4-5,10-12,14,30H,6-9,13H2,1-3H3. The quantitative estimate of drug-likeness (QED) is 0.504. The highest BCUT2D eigenvalue weighted by atomic mass is 19.4. The van der Waals surface area contributed by atoms with E-state index in [4.69, 9.17) is 9.15 Å². The Morgan fingerprint density at radius 2 is 1.76 bits per heavy atom. The van der Waals surface area contributed by atoms with Gasteiger partial charge in [-0.1, -0.05) is 13.0 Å². The summed E-state index contributed by atoms with van der Waals surface area (Å²) >= 11 is 0. The van der Waals surface area contributed by atoms with Gasteiger partial charge in [0.1, 0.15) is 17.1 Å². The molecule has 0 atom stereocenters. The van der Waals surface area contributed by atoms with Crippen molar-refractivity contribution in [2.75, 3.05) is 13.1 Å². The molecule has 0 saturated carbocycles. The minimum absolute atomic E-state index is 0.0689. The summed E-state index contributed by atoms with van der Waals surface area (Å²) in [5.74, 6) is -1.95. The number of aryl methyl sites for hydroxylation is 2. The molecule has 1 N–H and O–H groups in total. The summed E-state index contributed by atoms with van der Waals surface area (Å²) in [6.07, 6.45) is -3.06. The fourth-order valence-corrected chi connectivity index (χ4v) is 4.27. The zero-order chi connectivity index (χ0) is 23.9. The zero-order valence-corrected chi connectivity index (χ0v) is 18.8. The molecule has 1 aliphatic rings. The Morgan fingerprint density at radius 3 is 2.36 bits per heavy atom. The molecule has 1 saturated heterocycles. The highest BCUT2D eigenvalue weighted by Crippen LogP contribution is 2.40. The van der Waals surface area contributed by atoms with Crippen LogP contribution < -0.4 is 10.2 Å². The average Bonchev–Trinajstić information content (AvgIpc) is 2.72. The number of benzene rings is 2. The van der Waals surface area contributed by atoms with E-state index in [1.807, 2.05) is 11.0 Å². The number of ether oxygens (including phenoxy) is 1. The Bertz CT molecular complexity index is 1220. The van der Waals surface area contributed by atoms with Crippen LogP contribution in [0.15, 0.2) is 39.5 Å². The third kappa shape index (κ3) is 4.85. The topological polar surface area (TPSA) is 62.9 Å². The lowest BCUT2D eigenvalue weighted by Gasteiger charge is -2.30. The number of phenols is 1. The first-order chi connectivity index (χ1) is 15.5. The summed E-state index contributed by atoms with van der Waals surface area (Å²) in [6.45, 7) is 7.40. The van der Waals surface area contributed by atoms with Crippen LogP contribution in [0.25, 0.3) is 11.0 Å². The Labute approximate surface area is 189 Å². The van der Waals surface area contributed by atoms with Crippen LogP contribution >= 0.6 is 0 Å². The molecule has 1 aromatic heterocycles. The van der Waals surface area contributed by atoms with Crippen LogP contribution in [0.4, 0.5) is 13.2 Å². The summed E-state index contributed by atoms with van der Waals surface area (Å²) in [4.78, 5) is 15.2. The van der Waals surface area contributed by atoms with Crippen LogP contribution in [0.5, 0.6) is 17.2 Å². The van der Waals surface area contributed by atoms with E-state index in [9.17, 15) is 23.1 Å². The van der Waals surface area contributed by atoms with Crippen molar-refractivity contribution >= 4 is 11.0 Å². The van der Waals surface area contributed by atoms with Crippen molar-refractivity contribution in [2.24, 2.45) is 5.92 Å². The van der Waals surface area contributed by atoms with E-state index in [0.29, 0.717) is 5.92 Å². The van der Waals surface area contributed by atoms with Crippen molar-refractivity contribution < 1.29 is 27.4 Å². The molecular weight excluding hydrogens is 435 g/mol. The van der Waals surface area contributed by atoms with Gasteiger partial charge in [0, 0.05) is 6.54 Å². The van der Waals surface area contributed by atoms with E-state index in [1.165, 1.54) is 12.1 Å². The van der Waals surface area contributed by atoms with E-state index in [2.05, 4.69) is 6.92 Å². The van der Waals surface area contributed by atoms with Crippen molar-refractivity contribution in [1.29, 1.82) is 0 Å². The van der Waals surface area contributed by atoms with E-state index < -0.39 is 23.1 Å². The van der Waals surface area contributed by atoms with E-state index in [1.54, 1.807) is 26.0 Å². The molecule has 0 aliphatic carbocycles. The average molecular weight is 461 g/mol. The van der Waals surface area contributed by atoms with Crippen molar-refractivity contribution in [2.45, 2.75) is 46.3 Å². The maximum atomic E-state index is 14.0. The molecule has 8 heteroatoms. The molecule has 0 bridgehead atoms. The van der Waals surface area contributed by atoms with Gasteiger partial charge in [0.05, 0.1) is 10.9 Å². The molecule has 1 aliphatic heterocycles. The maximum Gasteiger partial charge on any atom is 0.453 e. The predicted molar refractivity (Wildman–Crippen MR) is 119 cm³/mol. The minimum atomic E-state index is -4.97. The summed E-state index contributed by atoms with van der Waals surface area (Å²) < 4.78 is 52.7. The molecule has 5 nitrogen and oxygen atoms in total. The molecule has 0 amide bonds. The Kier molecular flexibility index (Phi) is 6.14. The van der Waals surface area contributed by atoms with Gasteiger partial charge in [0.2, 0.25) is 11.2 Å². The number of hydrogen-bond donors (Lipinski definition) is 1. The van der Waals surface area contributed by atoms with Crippen LogP contribution in [0.3, 0.4) is 0 Å². The third-order valence-corrected chi connectivity index (χ3v) is 6.03. The number of phenolic OH excluding ortho intramolecular Hbond substituents is 1. The second-order valence-electron chi connectivity index (χ2n) is 8.91. The Morgan fingerprint density at radius 1 is 1.12 bits per heavy atom. The van der Waals surface area contributed by atoms with Gasteiger partial charge in [-0.2, -0.15) is 13.2 Å². The Balaban J connectivity index is 1.85. The largest absolute Gasteiger partial charge is 0.507 e. The Hall–Kier alpha value is -3.00. The molecule has 2 heterocycles. The van der Waals surface area contributed by atoms with E-state index in [-0.39, 0.29) is 34.6 Å². The molecule has 1 fully saturated rings. The van der Waals surface area contributed by atoms with Gasteiger partial charge in [-0.25, -0.2) is 0 Å². The number of piperidine rings is 1. The highest BCUT2D eigenvalue weighted by molar-refractivity contribution is 5.83. The number of alkyl halides is 3. The lowest BCUT2D eigenvalue weighted by atomic mass is 9.98. The summed E-state index contributed by atoms with van der Waals surface area (Å²) in [7, 11) is 0. The van der Waals surface area contributed by atoms with Crippen molar-refractivity contribution in [3.05, 3.63) is 63.0 Å². The number of likely N-dealkylation sites (tertiary alicyclic amines) is 1. The number of hydrogen-bond acceptors (Lipinski definition) is 5. The smallest absolute Gasteiger partial charge is 0.453 e. The molecule has 176 valence electrons. The van der Waals surface area contributed by atoms with Crippen LogP contribution in [-0.4, -0.2) is 23.1 Å². The van der Waals surface area contributed by atoms with Gasteiger partial charge >= 0.3 is 6.18 Å². The number of nitrogens with zero attached hydrogens (tertiary/aromatic N) is 1. The number of aromatic hydroxyl groups is 1. The van der Waals surface area contributed by atoms with Crippen molar-refractivity contribution in [3.8, 4) is 17.2 Å². The lowest BCUT2D eigenvalue weighted by molar-refractivity contribution is -0.154. The highest BCUT2D eigenvalue weighted by Gasteiger charge is 2.41. The molecule has 3 aromatic rings. The monoisotopic (exact) mass is 461 g/mol. The van der Waals surface area contributed by atoms with Crippen molar-refractivity contribution in [3.63, 3.8) is 0 Å². The second-order valence-corrected chi connectivity index (χ2v) is 8.91. The molecule has 4 rings (SSSR count). The summed E-state index contributed by atoms with van der Waals surface area (Å²) in [6, 6.07) is 7.53. The van der Waals surface area contributed by atoms with Crippen LogP contribution in [0, 0.1) is 19.8 Å². The number of halogens is 3. The fourth-order valence-electron chi connectivity index (χ4n) is 4.27. The molecular formula is C25H26F3NO4. The predicted octanol–water partition coefficient (Wildman–Crippen LogP) is 6.16. The van der Waals surface area contributed by atoms with Gasteiger partial charge in [-0.3, -0.25) is 9.69 Å². The second kappa shape index (κ2) is 8.74. The van der Waals surface area contributed by atoms with Gasteiger partial charge in [-0.15, -0.1) is 0 Å². The summed E-state index contributed by atoms with van der Waals surface area (Å²) in [5.41, 5.74) is 0.538. The first-order valence-corrected chi connectivity index (χ1v) is 10.9.